The number of nitrogens with two attached hydrogens (primary N) is 1. The first-order chi connectivity index (χ1) is 9.93. The van der Waals surface area contributed by atoms with Gasteiger partial charge in [-0.1, -0.05) is 17.7 Å². The molecule has 0 saturated heterocycles. The number of hydrogen-bond acceptors (Lipinski definition) is 4. The quantitative estimate of drug-likeness (QED) is 0.922. The van der Waals surface area contributed by atoms with Crippen molar-refractivity contribution in [3.63, 3.8) is 0 Å². The van der Waals surface area contributed by atoms with Crippen LogP contribution in [0.15, 0.2) is 18.2 Å². The average molecular weight is 310 g/mol. The van der Waals surface area contributed by atoms with E-state index in [1.807, 2.05) is 32.0 Å². The van der Waals surface area contributed by atoms with E-state index in [0.717, 1.165) is 16.8 Å². The monoisotopic (exact) mass is 309 g/mol. The zero-order valence-electron chi connectivity index (χ0n) is 12.7. The number of hydrogen-bond donors (Lipinski definition) is 1. The van der Waals surface area contributed by atoms with Gasteiger partial charge >= 0.3 is 0 Å². The molecule has 1 atom stereocenters. The van der Waals surface area contributed by atoms with E-state index < -0.39 is 0 Å². The number of aromatic nitrogens is 2. The molecular weight excluding hydrogens is 290 g/mol. The first-order valence-electron chi connectivity index (χ1n) is 6.68. The minimum Gasteiger partial charge on any atom is -0.493 e. The van der Waals surface area contributed by atoms with Gasteiger partial charge in [0.2, 0.25) is 0 Å². The van der Waals surface area contributed by atoms with E-state index >= 15 is 0 Å². The number of aryl methyl sites for hydroxylation is 2. The molecule has 1 unspecified atom stereocenters. The van der Waals surface area contributed by atoms with Crippen molar-refractivity contribution < 1.29 is 9.47 Å². The van der Waals surface area contributed by atoms with Gasteiger partial charge in [-0.2, -0.15) is 5.10 Å². The molecule has 5 nitrogen and oxygen atoms in total. The first kappa shape index (κ1) is 15.7. The number of benzene rings is 1. The second-order valence-corrected chi connectivity index (χ2v) is 5.32. The van der Waals surface area contributed by atoms with Crippen LogP contribution in [0, 0.1) is 6.92 Å². The lowest BCUT2D eigenvalue weighted by molar-refractivity contribution is 0.283. The van der Waals surface area contributed by atoms with Crippen molar-refractivity contribution in [3.8, 4) is 11.5 Å². The van der Waals surface area contributed by atoms with Crippen molar-refractivity contribution in [2.45, 2.75) is 26.5 Å². The lowest BCUT2D eigenvalue weighted by Gasteiger charge is -2.13. The fraction of sp³-hybridized carbons (Fsp3) is 0.400. The van der Waals surface area contributed by atoms with Gasteiger partial charge < -0.3 is 15.2 Å². The number of rotatable bonds is 5. The average Bonchev–Trinajstić information content (AvgIpc) is 2.70. The molecule has 2 N–H and O–H groups in total. The molecule has 1 aromatic carbocycles. The highest BCUT2D eigenvalue weighted by molar-refractivity contribution is 6.30. The minimum absolute atomic E-state index is 0.0528. The van der Waals surface area contributed by atoms with Crippen LogP contribution in [0.5, 0.6) is 11.5 Å². The van der Waals surface area contributed by atoms with Gasteiger partial charge in [-0.3, -0.25) is 4.68 Å². The first-order valence-corrected chi connectivity index (χ1v) is 7.06. The normalized spacial score (nSPS) is 12.3. The van der Waals surface area contributed by atoms with E-state index in [1.165, 1.54) is 0 Å². The van der Waals surface area contributed by atoms with Gasteiger partial charge in [-0.25, -0.2) is 0 Å². The van der Waals surface area contributed by atoms with E-state index in [9.17, 15) is 0 Å². The fourth-order valence-corrected chi connectivity index (χ4v) is 2.30. The van der Waals surface area contributed by atoms with Gasteiger partial charge in [0.05, 0.1) is 12.8 Å². The molecule has 0 fully saturated rings. The molecule has 0 saturated carbocycles. The molecule has 0 amide bonds. The second-order valence-electron chi connectivity index (χ2n) is 4.97. The van der Waals surface area contributed by atoms with Crippen molar-refractivity contribution >= 4 is 11.6 Å². The standard InChI is InChI=1S/C15H20ClN3O2/c1-9(17)11-5-6-13(14(7-11)20-4)21-8-12-10(2)18-19(3)15(12)16/h5-7,9H,8,17H2,1-4H3. The highest BCUT2D eigenvalue weighted by Crippen LogP contribution is 2.31. The van der Waals surface area contributed by atoms with Gasteiger partial charge in [0.1, 0.15) is 11.8 Å². The van der Waals surface area contributed by atoms with Gasteiger partial charge in [-0.05, 0) is 31.5 Å². The Balaban J connectivity index is 2.20. The molecule has 2 rings (SSSR count). The highest BCUT2D eigenvalue weighted by Gasteiger charge is 2.14. The van der Waals surface area contributed by atoms with Crippen molar-refractivity contribution in [1.29, 1.82) is 0 Å². The van der Waals surface area contributed by atoms with Crippen LogP contribution in [0.4, 0.5) is 0 Å². The minimum atomic E-state index is -0.0528. The zero-order valence-corrected chi connectivity index (χ0v) is 13.4. The van der Waals surface area contributed by atoms with E-state index in [0.29, 0.717) is 23.3 Å². The molecule has 0 aliphatic carbocycles. The topological polar surface area (TPSA) is 62.3 Å². The molecule has 0 aliphatic rings. The Kier molecular flexibility index (Phi) is 4.75. The molecule has 1 aromatic heterocycles. The van der Waals surface area contributed by atoms with Crippen molar-refractivity contribution in [3.05, 3.63) is 40.2 Å². The van der Waals surface area contributed by atoms with Crippen molar-refractivity contribution in [2.75, 3.05) is 7.11 Å². The second kappa shape index (κ2) is 6.37. The lowest BCUT2D eigenvalue weighted by atomic mass is 10.1. The predicted octanol–water partition coefficient (Wildman–Crippen LogP) is 2.99. The van der Waals surface area contributed by atoms with E-state index in [-0.39, 0.29) is 6.04 Å². The summed E-state index contributed by atoms with van der Waals surface area (Å²) in [5.41, 5.74) is 8.59. The molecule has 21 heavy (non-hydrogen) atoms. The largest absolute Gasteiger partial charge is 0.493 e. The third-order valence-corrected chi connectivity index (χ3v) is 3.83. The summed E-state index contributed by atoms with van der Waals surface area (Å²) in [7, 11) is 3.41. The Labute approximate surface area is 129 Å². The highest BCUT2D eigenvalue weighted by atomic mass is 35.5. The van der Waals surface area contributed by atoms with Crippen molar-refractivity contribution in [1.82, 2.24) is 9.78 Å². The number of nitrogens with zero attached hydrogens (tertiary/aromatic N) is 2. The van der Waals surface area contributed by atoms with Crippen LogP contribution in [0.1, 0.15) is 29.8 Å². The Morgan fingerprint density at radius 2 is 2.10 bits per heavy atom. The van der Waals surface area contributed by atoms with Crippen LogP contribution in [0.2, 0.25) is 5.15 Å². The summed E-state index contributed by atoms with van der Waals surface area (Å²) in [6.07, 6.45) is 0. The van der Waals surface area contributed by atoms with Gasteiger partial charge in [-0.15, -0.1) is 0 Å². The summed E-state index contributed by atoms with van der Waals surface area (Å²) in [6.45, 7) is 4.17. The van der Waals surface area contributed by atoms with Crippen molar-refractivity contribution in [2.24, 2.45) is 12.8 Å². The maximum Gasteiger partial charge on any atom is 0.161 e. The maximum absolute atomic E-state index is 6.19. The molecule has 0 radical (unpaired) electrons. The molecular formula is C15H20ClN3O2. The lowest BCUT2D eigenvalue weighted by Crippen LogP contribution is -2.06. The van der Waals surface area contributed by atoms with Crippen LogP contribution in [-0.2, 0) is 13.7 Å². The summed E-state index contributed by atoms with van der Waals surface area (Å²) < 4.78 is 12.8. The predicted molar refractivity (Wildman–Crippen MR) is 82.9 cm³/mol. The molecule has 2 aromatic rings. The number of halogens is 1. The summed E-state index contributed by atoms with van der Waals surface area (Å²) in [5.74, 6) is 1.31. The Morgan fingerprint density at radius 1 is 1.38 bits per heavy atom. The smallest absolute Gasteiger partial charge is 0.161 e. The molecule has 0 aliphatic heterocycles. The number of methoxy groups -OCH3 is 1. The summed E-state index contributed by atoms with van der Waals surface area (Å²) in [5, 5.41) is 4.84. The molecule has 1 heterocycles. The summed E-state index contributed by atoms with van der Waals surface area (Å²) in [6, 6.07) is 5.62. The van der Waals surface area contributed by atoms with Crippen LogP contribution in [0.25, 0.3) is 0 Å². The van der Waals surface area contributed by atoms with Gasteiger partial charge in [0.25, 0.3) is 0 Å². The summed E-state index contributed by atoms with van der Waals surface area (Å²) >= 11 is 6.19. The Bertz CT molecular complexity index is 638. The van der Waals surface area contributed by atoms with Crippen LogP contribution in [0.3, 0.4) is 0 Å². The number of ether oxygens (including phenoxy) is 2. The van der Waals surface area contributed by atoms with E-state index in [1.54, 1.807) is 18.8 Å². The molecule has 0 bridgehead atoms. The third kappa shape index (κ3) is 3.31. The maximum atomic E-state index is 6.19. The van der Waals surface area contributed by atoms with Gasteiger partial charge in [0.15, 0.2) is 11.5 Å². The molecule has 0 spiro atoms. The Hall–Kier alpha value is -1.72. The van der Waals surface area contributed by atoms with Crippen LogP contribution in [-0.4, -0.2) is 16.9 Å². The summed E-state index contributed by atoms with van der Waals surface area (Å²) in [4.78, 5) is 0. The molecule has 6 heteroatoms. The third-order valence-electron chi connectivity index (χ3n) is 3.36. The zero-order chi connectivity index (χ0) is 15.6. The fourth-order valence-electron chi connectivity index (χ4n) is 2.07. The van der Waals surface area contributed by atoms with E-state index in [2.05, 4.69) is 5.10 Å². The SMILES string of the molecule is COc1cc(C(C)N)ccc1OCc1c(C)nn(C)c1Cl. The molecule has 114 valence electrons. The van der Waals surface area contributed by atoms with Crippen LogP contribution < -0.4 is 15.2 Å². The van der Waals surface area contributed by atoms with Crippen LogP contribution >= 0.6 is 11.6 Å². The Morgan fingerprint density at radius 3 is 2.62 bits per heavy atom. The van der Waals surface area contributed by atoms with E-state index in [4.69, 9.17) is 26.8 Å². The van der Waals surface area contributed by atoms with Gasteiger partial charge in [0, 0.05) is 18.7 Å².